The van der Waals surface area contributed by atoms with Gasteiger partial charge in [0.25, 0.3) is 0 Å². The van der Waals surface area contributed by atoms with Crippen LogP contribution in [0.3, 0.4) is 0 Å². The van der Waals surface area contributed by atoms with Crippen LogP contribution >= 0.6 is 15.9 Å². The molecule has 1 atom stereocenters. The van der Waals surface area contributed by atoms with Gasteiger partial charge in [-0.2, -0.15) is 13.2 Å². The van der Waals surface area contributed by atoms with E-state index in [1.807, 2.05) is 0 Å². The molecule has 1 aromatic carbocycles. The van der Waals surface area contributed by atoms with Gasteiger partial charge in [0.15, 0.2) is 6.10 Å². The van der Waals surface area contributed by atoms with Crippen molar-refractivity contribution in [1.29, 1.82) is 0 Å². The second kappa shape index (κ2) is 5.71. The van der Waals surface area contributed by atoms with Crippen molar-refractivity contribution in [3.8, 4) is 0 Å². The van der Waals surface area contributed by atoms with E-state index in [1.165, 1.54) is 12.1 Å². The molecular weight excluding hydrogens is 317 g/mol. The fourth-order valence-corrected chi connectivity index (χ4v) is 2.01. The van der Waals surface area contributed by atoms with Crippen molar-refractivity contribution in [2.75, 3.05) is 7.11 Å². The minimum Gasteiger partial charge on any atom is -0.467 e. The SMILES string of the molecule is COC(=O)C(O)Cc1ccc(C(F)(F)F)c(Br)c1. The monoisotopic (exact) mass is 326 g/mol. The van der Waals surface area contributed by atoms with Crippen LogP contribution in [-0.2, 0) is 22.1 Å². The maximum Gasteiger partial charge on any atom is 0.417 e. The predicted octanol–water partition coefficient (Wildman–Crippen LogP) is 2.54. The van der Waals surface area contributed by atoms with Gasteiger partial charge in [0, 0.05) is 10.9 Å². The molecule has 0 amide bonds. The Bertz CT molecular complexity index is 446. The zero-order valence-electron chi connectivity index (χ0n) is 9.29. The third-order valence-corrected chi connectivity index (χ3v) is 2.90. The van der Waals surface area contributed by atoms with Crippen LogP contribution < -0.4 is 0 Å². The van der Waals surface area contributed by atoms with Gasteiger partial charge in [-0.05, 0) is 17.7 Å². The van der Waals surface area contributed by atoms with E-state index in [-0.39, 0.29) is 10.9 Å². The van der Waals surface area contributed by atoms with E-state index in [0.29, 0.717) is 5.56 Å². The summed E-state index contributed by atoms with van der Waals surface area (Å²) < 4.78 is 41.6. The summed E-state index contributed by atoms with van der Waals surface area (Å²) >= 11 is 2.81. The highest BCUT2D eigenvalue weighted by molar-refractivity contribution is 9.10. The molecule has 0 aliphatic rings. The van der Waals surface area contributed by atoms with Gasteiger partial charge in [-0.15, -0.1) is 0 Å². The van der Waals surface area contributed by atoms with Gasteiger partial charge in [-0.3, -0.25) is 0 Å². The van der Waals surface area contributed by atoms with E-state index < -0.39 is 23.8 Å². The van der Waals surface area contributed by atoms with Crippen LogP contribution in [0.1, 0.15) is 11.1 Å². The predicted molar refractivity (Wildman–Crippen MR) is 60.9 cm³/mol. The number of ether oxygens (including phenoxy) is 1. The molecule has 1 aromatic rings. The van der Waals surface area contributed by atoms with Crippen molar-refractivity contribution in [3.63, 3.8) is 0 Å². The number of carbonyl (C=O) groups excluding carboxylic acids is 1. The number of esters is 1. The van der Waals surface area contributed by atoms with Crippen LogP contribution in [0.15, 0.2) is 22.7 Å². The van der Waals surface area contributed by atoms with Crippen LogP contribution in [0.4, 0.5) is 13.2 Å². The first-order valence-electron chi connectivity index (χ1n) is 4.87. The Morgan fingerprint density at radius 1 is 1.50 bits per heavy atom. The molecule has 0 saturated carbocycles. The molecule has 0 radical (unpaired) electrons. The van der Waals surface area contributed by atoms with E-state index >= 15 is 0 Å². The van der Waals surface area contributed by atoms with Crippen LogP contribution in [0.2, 0.25) is 0 Å². The number of alkyl halides is 3. The van der Waals surface area contributed by atoms with Crippen LogP contribution in [-0.4, -0.2) is 24.3 Å². The first-order valence-corrected chi connectivity index (χ1v) is 5.66. The Morgan fingerprint density at radius 2 is 2.11 bits per heavy atom. The molecule has 7 heteroatoms. The molecular formula is C11H10BrF3O3. The lowest BCUT2D eigenvalue weighted by Crippen LogP contribution is -2.24. The lowest BCUT2D eigenvalue weighted by Gasteiger charge is -2.12. The molecule has 3 nitrogen and oxygen atoms in total. The van der Waals surface area contributed by atoms with E-state index in [2.05, 4.69) is 20.7 Å². The van der Waals surface area contributed by atoms with Crippen molar-refractivity contribution in [2.45, 2.75) is 18.7 Å². The molecule has 1 rings (SSSR count). The van der Waals surface area contributed by atoms with Gasteiger partial charge in [0.2, 0.25) is 0 Å². The van der Waals surface area contributed by atoms with E-state index in [1.54, 1.807) is 0 Å². The van der Waals surface area contributed by atoms with Crippen LogP contribution in [0, 0.1) is 0 Å². The van der Waals surface area contributed by atoms with Crippen molar-refractivity contribution in [1.82, 2.24) is 0 Å². The summed E-state index contributed by atoms with van der Waals surface area (Å²) in [5.74, 6) is -0.828. The Morgan fingerprint density at radius 3 is 2.56 bits per heavy atom. The van der Waals surface area contributed by atoms with E-state index in [4.69, 9.17) is 0 Å². The van der Waals surface area contributed by atoms with Crippen molar-refractivity contribution < 1.29 is 27.8 Å². The Balaban J connectivity index is 2.89. The molecule has 0 spiro atoms. The summed E-state index contributed by atoms with van der Waals surface area (Å²) in [5, 5.41) is 9.38. The minimum atomic E-state index is -4.45. The molecule has 18 heavy (non-hydrogen) atoms. The third-order valence-electron chi connectivity index (χ3n) is 2.24. The van der Waals surface area contributed by atoms with Gasteiger partial charge in [-0.1, -0.05) is 22.0 Å². The highest BCUT2D eigenvalue weighted by atomic mass is 79.9. The minimum absolute atomic E-state index is 0.108. The number of halogens is 4. The molecule has 0 fully saturated rings. The van der Waals surface area contributed by atoms with E-state index in [0.717, 1.165) is 13.2 Å². The third kappa shape index (κ3) is 3.71. The number of carbonyl (C=O) groups is 1. The Kier molecular flexibility index (Phi) is 4.75. The summed E-state index contributed by atoms with van der Waals surface area (Å²) in [6.07, 6.45) is -5.94. The number of aliphatic hydroxyl groups excluding tert-OH is 1. The average Bonchev–Trinajstić information content (AvgIpc) is 2.26. The average molecular weight is 327 g/mol. The second-order valence-electron chi connectivity index (χ2n) is 3.56. The summed E-state index contributed by atoms with van der Waals surface area (Å²) in [6, 6.07) is 3.32. The molecule has 1 unspecified atom stereocenters. The van der Waals surface area contributed by atoms with Crippen molar-refractivity contribution in [2.24, 2.45) is 0 Å². The smallest absolute Gasteiger partial charge is 0.417 e. The maximum atomic E-state index is 12.5. The molecule has 0 heterocycles. The van der Waals surface area contributed by atoms with Gasteiger partial charge in [0.1, 0.15) is 0 Å². The Labute approximate surface area is 110 Å². The maximum absolute atomic E-state index is 12.5. The summed E-state index contributed by atoms with van der Waals surface area (Å²) in [5.41, 5.74) is -0.411. The first kappa shape index (κ1) is 15.0. The lowest BCUT2D eigenvalue weighted by molar-refractivity contribution is -0.150. The molecule has 0 aromatic heterocycles. The highest BCUT2D eigenvalue weighted by Crippen LogP contribution is 2.35. The normalized spacial score (nSPS) is 13.2. The fraction of sp³-hybridized carbons (Fsp3) is 0.364. The van der Waals surface area contributed by atoms with Crippen LogP contribution in [0.25, 0.3) is 0 Å². The van der Waals surface area contributed by atoms with Gasteiger partial charge < -0.3 is 9.84 Å². The number of methoxy groups -OCH3 is 1. The first-order chi connectivity index (χ1) is 8.25. The number of rotatable bonds is 3. The van der Waals surface area contributed by atoms with Gasteiger partial charge in [0.05, 0.1) is 12.7 Å². The van der Waals surface area contributed by atoms with Crippen molar-refractivity contribution in [3.05, 3.63) is 33.8 Å². The van der Waals surface area contributed by atoms with Crippen molar-refractivity contribution >= 4 is 21.9 Å². The van der Waals surface area contributed by atoms with Gasteiger partial charge >= 0.3 is 12.1 Å². The summed E-state index contributed by atoms with van der Waals surface area (Å²) in [6.45, 7) is 0. The molecule has 100 valence electrons. The molecule has 0 saturated heterocycles. The Hall–Kier alpha value is -1.08. The summed E-state index contributed by atoms with van der Waals surface area (Å²) in [4.78, 5) is 11.0. The molecule has 0 aliphatic carbocycles. The standard InChI is InChI=1S/C11H10BrF3O3/c1-18-10(17)9(16)5-6-2-3-7(8(12)4-6)11(13,14)15/h2-4,9,16H,5H2,1H3. The van der Waals surface area contributed by atoms with Gasteiger partial charge in [-0.25, -0.2) is 4.79 Å². The largest absolute Gasteiger partial charge is 0.467 e. The molecule has 1 N–H and O–H groups in total. The highest BCUT2D eigenvalue weighted by Gasteiger charge is 2.32. The van der Waals surface area contributed by atoms with E-state index in [9.17, 15) is 23.1 Å². The summed E-state index contributed by atoms with van der Waals surface area (Å²) in [7, 11) is 1.12. The van der Waals surface area contributed by atoms with Crippen LogP contribution in [0.5, 0.6) is 0 Å². The number of benzene rings is 1. The molecule has 0 aliphatic heterocycles. The zero-order valence-corrected chi connectivity index (χ0v) is 10.9. The fourth-order valence-electron chi connectivity index (χ4n) is 1.36. The second-order valence-corrected chi connectivity index (χ2v) is 4.41. The quantitative estimate of drug-likeness (QED) is 0.868. The lowest BCUT2D eigenvalue weighted by atomic mass is 10.1. The molecule has 0 bridgehead atoms. The number of aliphatic hydroxyl groups is 1. The topological polar surface area (TPSA) is 46.5 Å². The number of hydrogen-bond donors (Lipinski definition) is 1. The zero-order chi connectivity index (χ0) is 13.9. The number of hydrogen-bond acceptors (Lipinski definition) is 3.